The predicted molar refractivity (Wildman–Crippen MR) is 112 cm³/mol. The molecule has 1 unspecified atom stereocenters. The number of nitrogens with one attached hydrogen (secondary N) is 1. The highest BCUT2D eigenvalue weighted by atomic mass is 32.1. The van der Waals surface area contributed by atoms with Gasteiger partial charge in [-0.05, 0) is 56.7 Å². The largest absolute Gasteiger partial charge is 0.345 e. The van der Waals surface area contributed by atoms with E-state index in [-0.39, 0.29) is 11.9 Å². The standard InChI is InChI=1S/C22H18N4O2S/c1-12-4-9-19(29-12)18-10-17(20-14(3)26-28-22(20)25-18)21(27)24-13(2)16-7-5-15(11-23)6-8-16/h4-10,13H,1-3H3,(H,24,27). The lowest BCUT2D eigenvalue weighted by Crippen LogP contribution is -2.27. The van der Waals surface area contributed by atoms with Gasteiger partial charge in [0.2, 0.25) is 0 Å². The molecule has 7 heteroatoms. The van der Waals surface area contributed by atoms with Gasteiger partial charge < -0.3 is 9.84 Å². The van der Waals surface area contributed by atoms with Crippen molar-refractivity contribution >= 4 is 28.3 Å². The van der Waals surface area contributed by atoms with Crippen molar-refractivity contribution in [1.82, 2.24) is 15.5 Å². The zero-order valence-electron chi connectivity index (χ0n) is 16.2. The van der Waals surface area contributed by atoms with Crippen LogP contribution in [0.2, 0.25) is 0 Å². The molecule has 144 valence electrons. The number of aryl methyl sites for hydroxylation is 2. The summed E-state index contributed by atoms with van der Waals surface area (Å²) in [5.41, 5.74) is 3.64. The second-order valence-electron chi connectivity index (χ2n) is 6.84. The molecule has 3 aromatic heterocycles. The van der Waals surface area contributed by atoms with E-state index < -0.39 is 0 Å². The highest BCUT2D eigenvalue weighted by Crippen LogP contribution is 2.31. The molecule has 0 bridgehead atoms. The Hall–Kier alpha value is -3.50. The highest BCUT2D eigenvalue weighted by molar-refractivity contribution is 7.15. The van der Waals surface area contributed by atoms with E-state index in [0.717, 1.165) is 15.3 Å². The van der Waals surface area contributed by atoms with Crippen molar-refractivity contribution in [3.05, 3.63) is 69.7 Å². The molecule has 0 aliphatic carbocycles. The fourth-order valence-corrected chi connectivity index (χ4v) is 4.00. The molecule has 4 aromatic rings. The van der Waals surface area contributed by atoms with Crippen molar-refractivity contribution in [1.29, 1.82) is 5.26 Å². The maximum Gasteiger partial charge on any atom is 0.259 e. The first kappa shape index (κ1) is 18.8. The van der Waals surface area contributed by atoms with Crippen molar-refractivity contribution in [3.63, 3.8) is 0 Å². The Bertz CT molecular complexity index is 1250. The number of fused-ring (bicyclic) bond motifs is 1. The second-order valence-corrected chi connectivity index (χ2v) is 8.13. The van der Waals surface area contributed by atoms with E-state index in [1.165, 1.54) is 0 Å². The quantitative estimate of drug-likeness (QED) is 0.522. The van der Waals surface area contributed by atoms with Gasteiger partial charge in [-0.2, -0.15) is 5.26 Å². The van der Waals surface area contributed by atoms with Crippen LogP contribution in [-0.4, -0.2) is 16.0 Å². The Labute approximate surface area is 171 Å². The summed E-state index contributed by atoms with van der Waals surface area (Å²) in [6, 6.07) is 14.8. The Morgan fingerprint density at radius 3 is 2.62 bits per heavy atom. The van der Waals surface area contributed by atoms with Crippen LogP contribution in [0.3, 0.4) is 0 Å². The molecule has 0 aliphatic rings. The average Bonchev–Trinajstić information content (AvgIpc) is 3.33. The molecule has 1 atom stereocenters. The summed E-state index contributed by atoms with van der Waals surface area (Å²) in [5.74, 6) is -0.227. The van der Waals surface area contributed by atoms with Gasteiger partial charge in [-0.3, -0.25) is 4.79 Å². The van der Waals surface area contributed by atoms with Gasteiger partial charge in [-0.15, -0.1) is 11.3 Å². The minimum atomic E-state index is -0.231. The number of nitriles is 1. The van der Waals surface area contributed by atoms with Crippen LogP contribution < -0.4 is 5.32 Å². The summed E-state index contributed by atoms with van der Waals surface area (Å²) in [4.78, 5) is 19.8. The monoisotopic (exact) mass is 402 g/mol. The number of hydrogen-bond donors (Lipinski definition) is 1. The number of hydrogen-bond acceptors (Lipinski definition) is 6. The van der Waals surface area contributed by atoms with Gasteiger partial charge in [0.15, 0.2) is 0 Å². The van der Waals surface area contributed by atoms with Crippen LogP contribution in [0.4, 0.5) is 0 Å². The summed E-state index contributed by atoms with van der Waals surface area (Å²) in [6.45, 7) is 5.73. The van der Waals surface area contributed by atoms with Crippen LogP contribution in [0.25, 0.3) is 21.7 Å². The van der Waals surface area contributed by atoms with Gasteiger partial charge in [0.1, 0.15) is 0 Å². The molecule has 0 aliphatic heterocycles. The lowest BCUT2D eigenvalue weighted by Gasteiger charge is -2.15. The molecule has 4 rings (SSSR count). The number of amides is 1. The molecule has 1 N–H and O–H groups in total. The SMILES string of the molecule is Cc1ccc(-c2cc(C(=O)NC(C)c3ccc(C#N)cc3)c3c(C)noc3n2)s1. The van der Waals surface area contributed by atoms with Gasteiger partial charge >= 0.3 is 0 Å². The number of aromatic nitrogens is 2. The first-order valence-corrected chi connectivity index (χ1v) is 9.92. The zero-order valence-corrected chi connectivity index (χ0v) is 17.0. The molecule has 0 saturated carbocycles. The third-order valence-corrected chi connectivity index (χ3v) is 5.77. The molecular formula is C22H18N4O2S. The smallest absolute Gasteiger partial charge is 0.259 e. The molecule has 0 spiro atoms. The number of carbonyl (C=O) groups excluding carboxylic acids is 1. The van der Waals surface area contributed by atoms with Crippen molar-refractivity contribution in [2.24, 2.45) is 0 Å². The van der Waals surface area contributed by atoms with E-state index in [4.69, 9.17) is 9.78 Å². The molecule has 0 radical (unpaired) electrons. The topological polar surface area (TPSA) is 91.8 Å². The zero-order chi connectivity index (χ0) is 20.5. The van der Waals surface area contributed by atoms with Crippen molar-refractivity contribution in [2.45, 2.75) is 26.8 Å². The lowest BCUT2D eigenvalue weighted by atomic mass is 10.0. The van der Waals surface area contributed by atoms with E-state index in [0.29, 0.717) is 33.6 Å². The first-order valence-electron chi connectivity index (χ1n) is 9.11. The molecule has 0 fully saturated rings. The van der Waals surface area contributed by atoms with Gasteiger partial charge in [-0.25, -0.2) is 4.98 Å². The number of carbonyl (C=O) groups is 1. The van der Waals surface area contributed by atoms with Crippen LogP contribution in [0.5, 0.6) is 0 Å². The van der Waals surface area contributed by atoms with Crippen molar-refractivity contribution in [2.75, 3.05) is 0 Å². The van der Waals surface area contributed by atoms with Gasteiger partial charge in [0.05, 0.1) is 44.9 Å². The second kappa shape index (κ2) is 7.49. The van der Waals surface area contributed by atoms with Crippen LogP contribution in [0.15, 0.2) is 47.0 Å². The van der Waals surface area contributed by atoms with Crippen LogP contribution in [0.1, 0.15) is 45.0 Å². The third kappa shape index (κ3) is 3.62. The van der Waals surface area contributed by atoms with E-state index in [2.05, 4.69) is 21.5 Å². The Morgan fingerprint density at radius 2 is 1.97 bits per heavy atom. The highest BCUT2D eigenvalue weighted by Gasteiger charge is 2.21. The third-order valence-electron chi connectivity index (χ3n) is 4.74. The maximum atomic E-state index is 13.1. The maximum absolute atomic E-state index is 13.1. The summed E-state index contributed by atoms with van der Waals surface area (Å²) in [5, 5.41) is 16.6. The first-order chi connectivity index (χ1) is 14.0. The van der Waals surface area contributed by atoms with Gasteiger partial charge in [-0.1, -0.05) is 17.3 Å². The number of rotatable bonds is 4. The van der Waals surface area contributed by atoms with Gasteiger partial charge in [0.25, 0.3) is 11.6 Å². The summed E-state index contributed by atoms with van der Waals surface area (Å²) in [7, 11) is 0. The number of benzene rings is 1. The van der Waals surface area contributed by atoms with E-state index in [9.17, 15) is 4.79 Å². The fourth-order valence-electron chi connectivity index (χ4n) is 3.18. The van der Waals surface area contributed by atoms with Crippen LogP contribution >= 0.6 is 11.3 Å². The molecule has 29 heavy (non-hydrogen) atoms. The predicted octanol–water partition coefficient (Wildman–Crippen LogP) is 4.93. The minimum absolute atomic E-state index is 0.227. The van der Waals surface area contributed by atoms with Crippen molar-refractivity contribution in [3.8, 4) is 16.6 Å². The minimum Gasteiger partial charge on any atom is -0.345 e. The molecule has 1 amide bonds. The number of nitrogens with zero attached hydrogens (tertiary/aromatic N) is 3. The number of thiophene rings is 1. The van der Waals surface area contributed by atoms with E-state index >= 15 is 0 Å². The molecular weight excluding hydrogens is 384 g/mol. The summed E-state index contributed by atoms with van der Waals surface area (Å²) >= 11 is 1.61. The number of pyridine rings is 1. The fraction of sp³-hybridized carbons (Fsp3) is 0.182. The molecule has 6 nitrogen and oxygen atoms in total. The van der Waals surface area contributed by atoms with E-state index in [1.54, 1.807) is 36.5 Å². The molecule has 3 heterocycles. The summed E-state index contributed by atoms with van der Waals surface area (Å²) in [6.07, 6.45) is 0. The normalized spacial score (nSPS) is 11.9. The molecule has 0 saturated heterocycles. The van der Waals surface area contributed by atoms with Gasteiger partial charge in [0, 0.05) is 4.88 Å². The molecule has 1 aromatic carbocycles. The van der Waals surface area contributed by atoms with Crippen molar-refractivity contribution < 1.29 is 9.32 Å². The Morgan fingerprint density at radius 1 is 1.21 bits per heavy atom. The lowest BCUT2D eigenvalue weighted by molar-refractivity contribution is 0.0941. The average molecular weight is 402 g/mol. The van der Waals surface area contributed by atoms with E-state index in [1.807, 2.05) is 38.1 Å². The van der Waals surface area contributed by atoms with Crippen LogP contribution in [-0.2, 0) is 0 Å². The summed E-state index contributed by atoms with van der Waals surface area (Å²) < 4.78 is 5.36. The Balaban J connectivity index is 1.70. The Kier molecular flexibility index (Phi) is 4.87. The van der Waals surface area contributed by atoms with Crippen LogP contribution in [0, 0.1) is 25.2 Å².